The monoisotopic (exact) mass is 369 g/mol. The van der Waals surface area contributed by atoms with E-state index in [1.54, 1.807) is 31.1 Å². The number of hydrogen-bond acceptors (Lipinski definition) is 4. The zero-order valence-corrected chi connectivity index (χ0v) is 14.4. The Kier molecular flexibility index (Phi) is 5.05. The second-order valence-electron chi connectivity index (χ2n) is 5.96. The van der Waals surface area contributed by atoms with Crippen molar-refractivity contribution in [3.63, 3.8) is 0 Å². The quantitative estimate of drug-likeness (QED) is 0.637. The summed E-state index contributed by atoms with van der Waals surface area (Å²) in [6, 6.07) is 4.78. The molecule has 0 atom stereocenters. The van der Waals surface area contributed by atoms with Crippen molar-refractivity contribution in [2.45, 2.75) is 25.7 Å². The number of carbonyl (C=O) groups excluding carboxylic acids is 1. The van der Waals surface area contributed by atoms with Crippen LogP contribution in [0.4, 0.5) is 11.4 Å². The predicted molar refractivity (Wildman–Crippen MR) is 88.9 cm³/mol. The van der Waals surface area contributed by atoms with E-state index in [1.807, 2.05) is 0 Å². The maximum absolute atomic E-state index is 12.5. The standard InChI is InChI=1S/C15H20BrN3O3/c1-18(2)14(20)15(7-3-4-8-15)10-17-12-9-11(16)5-6-13(12)19(21)22/h5-6,9,17H,3-4,7-8,10H2,1-2H3. The molecule has 7 heteroatoms. The Morgan fingerprint density at radius 1 is 1.41 bits per heavy atom. The van der Waals surface area contributed by atoms with Gasteiger partial charge in [0, 0.05) is 31.2 Å². The van der Waals surface area contributed by atoms with Gasteiger partial charge >= 0.3 is 0 Å². The maximum atomic E-state index is 12.5. The highest BCUT2D eigenvalue weighted by Gasteiger charge is 2.42. The molecule has 0 bridgehead atoms. The van der Waals surface area contributed by atoms with Crippen LogP contribution in [0, 0.1) is 15.5 Å². The number of carbonyl (C=O) groups is 1. The van der Waals surface area contributed by atoms with Crippen LogP contribution in [0.2, 0.25) is 0 Å². The van der Waals surface area contributed by atoms with Crippen LogP contribution in [-0.2, 0) is 4.79 Å². The van der Waals surface area contributed by atoms with Crippen molar-refractivity contribution in [1.82, 2.24) is 4.90 Å². The minimum Gasteiger partial charge on any atom is -0.378 e. The number of nitro groups is 1. The lowest BCUT2D eigenvalue weighted by molar-refractivity contribution is -0.384. The van der Waals surface area contributed by atoms with Crippen molar-refractivity contribution >= 4 is 33.2 Å². The molecule has 1 aliphatic rings. The summed E-state index contributed by atoms with van der Waals surface area (Å²) in [5, 5.41) is 14.3. The third kappa shape index (κ3) is 3.40. The van der Waals surface area contributed by atoms with E-state index in [-0.39, 0.29) is 11.6 Å². The van der Waals surface area contributed by atoms with Gasteiger partial charge in [-0.25, -0.2) is 0 Å². The maximum Gasteiger partial charge on any atom is 0.292 e. The van der Waals surface area contributed by atoms with Crippen LogP contribution in [-0.4, -0.2) is 36.4 Å². The van der Waals surface area contributed by atoms with Crippen molar-refractivity contribution < 1.29 is 9.72 Å². The van der Waals surface area contributed by atoms with Gasteiger partial charge in [-0.05, 0) is 25.0 Å². The first kappa shape index (κ1) is 16.7. The van der Waals surface area contributed by atoms with Crippen molar-refractivity contribution in [2.24, 2.45) is 5.41 Å². The molecule has 22 heavy (non-hydrogen) atoms. The first-order valence-corrected chi connectivity index (χ1v) is 8.05. The lowest BCUT2D eigenvalue weighted by atomic mass is 9.84. The smallest absolute Gasteiger partial charge is 0.292 e. The lowest BCUT2D eigenvalue weighted by Crippen LogP contribution is -2.43. The predicted octanol–water partition coefficient (Wildman–Crippen LogP) is 3.42. The van der Waals surface area contributed by atoms with Crippen molar-refractivity contribution in [2.75, 3.05) is 26.0 Å². The number of hydrogen-bond donors (Lipinski definition) is 1. The molecule has 1 N–H and O–H groups in total. The second kappa shape index (κ2) is 6.64. The topological polar surface area (TPSA) is 75.5 Å². The van der Waals surface area contributed by atoms with Crippen LogP contribution in [0.25, 0.3) is 0 Å². The van der Waals surface area contributed by atoms with Crippen molar-refractivity contribution in [3.05, 3.63) is 32.8 Å². The Labute approximate surface area is 138 Å². The zero-order valence-electron chi connectivity index (χ0n) is 12.8. The minimum atomic E-state index is -0.459. The highest BCUT2D eigenvalue weighted by Crippen LogP contribution is 2.40. The number of halogens is 1. The fraction of sp³-hybridized carbons (Fsp3) is 0.533. The summed E-state index contributed by atoms with van der Waals surface area (Å²) in [5.74, 6) is 0.0927. The van der Waals surface area contributed by atoms with Crippen LogP contribution in [0.1, 0.15) is 25.7 Å². The molecule has 0 unspecified atom stereocenters. The molecule has 2 rings (SSSR count). The number of rotatable bonds is 5. The SMILES string of the molecule is CN(C)C(=O)C1(CNc2cc(Br)ccc2[N+](=O)[O-])CCCC1. The molecule has 0 aliphatic heterocycles. The Balaban J connectivity index is 2.22. The molecular formula is C15H20BrN3O3. The van der Waals surface area contributed by atoms with E-state index in [2.05, 4.69) is 21.2 Å². The molecule has 1 aromatic rings. The fourth-order valence-corrected chi connectivity index (χ4v) is 3.43. The van der Waals surface area contributed by atoms with Gasteiger partial charge in [-0.1, -0.05) is 28.8 Å². The average Bonchev–Trinajstić information content (AvgIpc) is 2.94. The lowest BCUT2D eigenvalue weighted by Gasteiger charge is -2.31. The molecule has 0 saturated heterocycles. The molecule has 1 amide bonds. The van der Waals surface area contributed by atoms with E-state index in [4.69, 9.17) is 0 Å². The number of anilines is 1. The second-order valence-corrected chi connectivity index (χ2v) is 6.87. The molecule has 0 radical (unpaired) electrons. The van der Waals surface area contributed by atoms with Crippen LogP contribution in [0.3, 0.4) is 0 Å². The van der Waals surface area contributed by atoms with E-state index in [1.165, 1.54) is 6.07 Å². The van der Waals surface area contributed by atoms with Crippen LogP contribution in [0.15, 0.2) is 22.7 Å². The molecule has 1 saturated carbocycles. The van der Waals surface area contributed by atoms with Crippen LogP contribution >= 0.6 is 15.9 Å². The van der Waals surface area contributed by atoms with Gasteiger partial charge in [-0.15, -0.1) is 0 Å². The van der Waals surface area contributed by atoms with Gasteiger partial charge in [0.2, 0.25) is 5.91 Å². The van der Waals surface area contributed by atoms with Crippen LogP contribution in [0.5, 0.6) is 0 Å². The number of nitrogens with one attached hydrogen (secondary N) is 1. The summed E-state index contributed by atoms with van der Waals surface area (Å²) in [6.07, 6.45) is 3.67. The van der Waals surface area contributed by atoms with E-state index in [9.17, 15) is 14.9 Å². The van der Waals surface area contributed by atoms with Gasteiger partial charge in [0.05, 0.1) is 10.3 Å². The van der Waals surface area contributed by atoms with Gasteiger partial charge in [0.15, 0.2) is 0 Å². The highest BCUT2D eigenvalue weighted by atomic mass is 79.9. The third-order valence-electron chi connectivity index (χ3n) is 4.19. The normalized spacial score (nSPS) is 16.3. The largest absolute Gasteiger partial charge is 0.378 e. The Morgan fingerprint density at radius 3 is 2.59 bits per heavy atom. The average molecular weight is 370 g/mol. The molecule has 1 fully saturated rings. The summed E-state index contributed by atoms with van der Waals surface area (Å²) in [5.41, 5.74) is 0.00511. The van der Waals surface area contributed by atoms with Gasteiger partial charge < -0.3 is 10.2 Å². The molecular weight excluding hydrogens is 350 g/mol. The Morgan fingerprint density at radius 2 is 2.05 bits per heavy atom. The van der Waals surface area contributed by atoms with E-state index in [0.717, 1.165) is 30.2 Å². The zero-order chi connectivity index (χ0) is 16.3. The molecule has 1 aliphatic carbocycles. The van der Waals surface area contributed by atoms with E-state index >= 15 is 0 Å². The number of benzene rings is 1. The summed E-state index contributed by atoms with van der Waals surface area (Å²) < 4.78 is 0.764. The molecule has 0 heterocycles. The summed E-state index contributed by atoms with van der Waals surface area (Å²) in [6.45, 7) is 0.418. The van der Waals surface area contributed by atoms with Gasteiger partial charge in [-0.2, -0.15) is 0 Å². The van der Waals surface area contributed by atoms with E-state index in [0.29, 0.717) is 12.2 Å². The van der Waals surface area contributed by atoms with Gasteiger partial charge in [-0.3, -0.25) is 14.9 Å². The summed E-state index contributed by atoms with van der Waals surface area (Å²) in [4.78, 5) is 24.8. The Hall–Kier alpha value is -1.63. The Bertz CT molecular complexity index is 583. The molecule has 120 valence electrons. The van der Waals surface area contributed by atoms with E-state index < -0.39 is 10.3 Å². The van der Waals surface area contributed by atoms with Crippen molar-refractivity contribution in [1.29, 1.82) is 0 Å². The molecule has 0 aromatic heterocycles. The fourth-order valence-electron chi connectivity index (χ4n) is 3.07. The number of nitro benzene ring substituents is 1. The highest BCUT2D eigenvalue weighted by molar-refractivity contribution is 9.10. The van der Waals surface area contributed by atoms with Crippen LogP contribution < -0.4 is 5.32 Å². The van der Waals surface area contributed by atoms with Crippen molar-refractivity contribution in [3.8, 4) is 0 Å². The molecule has 0 spiro atoms. The minimum absolute atomic E-state index is 0.0219. The summed E-state index contributed by atoms with van der Waals surface area (Å²) >= 11 is 3.33. The number of nitrogens with zero attached hydrogens (tertiary/aromatic N) is 2. The summed E-state index contributed by atoms with van der Waals surface area (Å²) in [7, 11) is 3.51. The van der Waals surface area contributed by atoms with Gasteiger partial charge in [0.25, 0.3) is 5.69 Å². The molecule has 6 nitrogen and oxygen atoms in total. The first-order chi connectivity index (χ1) is 10.4. The van der Waals surface area contributed by atoms with Gasteiger partial charge in [0.1, 0.15) is 5.69 Å². The first-order valence-electron chi connectivity index (χ1n) is 7.25. The third-order valence-corrected chi connectivity index (χ3v) is 4.69. The number of amides is 1. The molecule has 1 aromatic carbocycles.